The van der Waals surface area contributed by atoms with Crippen LogP contribution in [0.1, 0.15) is 29.6 Å². The second-order valence-electron chi connectivity index (χ2n) is 5.04. The molecule has 0 atom stereocenters. The van der Waals surface area contributed by atoms with Gasteiger partial charge in [0.05, 0.1) is 5.60 Å². The Morgan fingerprint density at radius 1 is 1.39 bits per heavy atom. The van der Waals surface area contributed by atoms with Crippen LogP contribution in [0, 0.1) is 0 Å². The van der Waals surface area contributed by atoms with Crippen LogP contribution in [0.3, 0.4) is 0 Å². The van der Waals surface area contributed by atoms with Crippen LogP contribution < -0.4 is 5.32 Å². The molecule has 0 spiro atoms. The van der Waals surface area contributed by atoms with Gasteiger partial charge in [0.1, 0.15) is 0 Å². The molecule has 4 nitrogen and oxygen atoms in total. The van der Waals surface area contributed by atoms with Crippen molar-refractivity contribution in [3.8, 4) is 0 Å². The van der Waals surface area contributed by atoms with Crippen LogP contribution in [0.25, 0.3) is 10.9 Å². The molecule has 0 saturated heterocycles. The molecular formula is C14H16N2O2. The lowest BCUT2D eigenvalue weighted by atomic mass is 9.80. The van der Waals surface area contributed by atoms with Gasteiger partial charge in [0, 0.05) is 29.2 Å². The normalized spacial score (nSPS) is 17.4. The van der Waals surface area contributed by atoms with Gasteiger partial charge < -0.3 is 15.4 Å². The number of carbonyl (C=O) groups excluding carboxylic acids is 1. The zero-order chi connectivity index (χ0) is 12.6. The minimum Gasteiger partial charge on any atom is -0.388 e. The van der Waals surface area contributed by atoms with Crippen molar-refractivity contribution in [3.05, 3.63) is 36.0 Å². The minimum atomic E-state index is -0.673. The predicted octanol–water partition coefficient (Wildman–Crippen LogP) is 1.81. The number of aliphatic hydroxyl groups is 1. The van der Waals surface area contributed by atoms with E-state index in [1.54, 1.807) is 6.07 Å². The maximum absolute atomic E-state index is 12.0. The van der Waals surface area contributed by atoms with E-state index in [1.165, 1.54) is 0 Å². The van der Waals surface area contributed by atoms with Gasteiger partial charge in [-0.25, -0.2) is 0 Å². The largest absolute Gasteiger partial charge is 0.388 e. The molecule has 1 heterocycles. The number of aromatic amines is 1. The lowest BCUT2D eigenvalue weighted by Crippen LogP contribution is -2.47. The first-order chi connectivity index (χ1) is 8.66. The van der Waals surface area contributed by atoms with Crippen molar-refractivity contribution in [2.75, 3.05) is 6.54 Å². The third-order valence-corrected chi connectivity index (χ3v) is 3.68. The lowest BCUT2D eigenvalue weighted by Gasteiger charge is -2.36. The summed E-state index contributed by atoms with van der Waals surface area (Å²) in [5.41, 5.74) is 0.975. The van der Waals surface area contributed by atoms with Gasteiger partial charge >= 0.3 is 0 Å². The smallest absolute Gasteiger partial charge is 0.251 e. The molecule has 1 aromatic heterocycles. The number of fused-ring (bicyclic) bond motifs is 1. The highest BCUT2D eigenvalue weighted by Crippen LogP contribution is 2.30. The highest BCUT2D eigenvalue weighted by atomic mass is 16.3. The van der Waals surface area contributed by atoms with E-state index in [2.05, 4.69) is 10.3 Å². The third-order valence-electron chi connectivity index (χ3n) is 3.68. The quantitative estimate of drug-likeness (QED) is 0.771. The number of rotatable bonds is 3. The first kappa shape index (κ1) is 11.3. The molecule has 1 fully saturated rings. The van der Waals surface area contributed by atoms with E-state index < -0.39 is 5.60 Å². The number of hydrogen-bond acceptors (Lipinski definition) is 2. The number of amides is 1. The van der Waals surface area contributed by atoms with Gasteiger partial charge in [-0.2, -0.15) is 0 Å². The van der Waals surface area contributed by atoms with Gasteiger partial charge in [0.2, 0.25) is 0 Å². The van der Waals surface area contributed by atoms with Crippen LogP contribution in [-0.4, -0.2) is 28.1 Å². The van der Waals surface area contributed by atoms with Crippen LogP contribution >= 0.6 is 0 Å². The number of benzene rings is 1. The molecule has 1 aromatic carbocycles. The molecule has 0 radical (unpaired) electrons. The first-order valence-electron chi connectivity index (χ1n) is 6.24. The fourth-order valence-electron chi connectivity index (χ4n) is 2.30. The molecule has 4 heteroatoms. The van der Waals surface area contributed by atoms with Crippen LogP contribution in [0.15, 0.2) is 30.5 Å². The minimum absolute atomic E-state index is 0.126. The Morgan fingerprint density at radius 3 is 2.94 bits per heavy atom. The van der Waals surface area contributed by atoms with Gasteiger partial charge in [-0.15, -0.1) is 0 Å². The van der Waals surface area contributed by atoms with Gasteiger partial charge in [-0.05, 0) is 43.5 Å². The molecule has 3 rings (SSSR count). The zero-order valence-corrected chi connectivity index (χ0v) is 10.1. The van der Waals surface area contributed by atoms with Crippen molar-refractivity contribution in [1.29, 1.82) is 0 Å². The Kier molecular flexibility index (Phi) is 2.59. The van der Waals surface area contributed by atoms with Crippen molar-refractivity contribution in [2.45, 2.75) is 24.9 Å². The van der Waals surface area contributed by atoms with Gasteiger partial charge in [0.15, 0.2) is 0 Å². The van der Waals surface area contributed by atoms with Crippen LogP contribution in [0.5, 0.6) is 0 Å². The van der Waals surface area contributed by atoms with Gasteiger partial charge in [-0.3, -0.25) is 4.79 Å². The summed E-state index contributed by atoms with van der Waals surface area (Å²) in [4.78, 5) is 15.1. The Balaban J connectivity index is 1.71. The molecule has 2 aromatic rings. The maximum atomic E-state index is 12.0. The highest BCUT2D eigenvalue weighted by Gasteiger charge is 2.34. The van der Waals surface area contributed by atoms with E-state index in [9.17, 15) is 9.90 Å². The van der Waals surface area contributed by atoms with Crippen molar-refractivity contribution < 1.29 is 9.90 Å². The molecule has 18 heavy (non-hydrogen) atoms. The van der Waals surface area contributed by atoms with Crippen LogP contribution in [0.2, 0.25) is 0 Å². The Morgan fingerprint density at radius 2 is 2.22 bits per heavy atom. The van der Waals surface area contributed by atoms with E-state index >= 15 is 0 Å². The molecule has 0 unspecified atom stereocenters. The van der Waals surface area contributed by atoms with Crippen molar-refractivity contribution >= 4 is 16.8 Å². The van der Waals surface area contributed by atoms with Gasteiger partial charge in [0.25, 0.3) is 5.91 Å². The molecule has 1 saturated carbocycles. The molecular weight excluding hydrogens is 228 g/mol. The lowest BCUT2D eigenvalue weighted by molar-refractivity contribution is -0.0300. The van der Waals surface area contributed by atoms with E-state index in [0.29, 0.717) is 12.1 Å². The highest BCUT2D eigenvalue weighted by molar-refractivity contribution is 5.98. The fourth-order valence-corrected chi connectivity index (χ4v) is 2.30. The predicted molar refractivity (Wildman–Crippen MR) is 69.4 cm³/mol. The molecule has 1 aliphatic rings. The summed E-state index contributed by atoms with van der Waals surface area (Å²) in [7, 11) is 0. The SMILES string of the molecule is O=C(NCC1(O)CCC1)c1ccc2[nH]ccc2c1. The third kappa shape index (κ3) is 1.99. The summed E-state index contributed by atoms with van der Waals surface area (Å²) < 4.78 is 0. The fraction of sp³-hybridized carbons (Fsp3) is 0.357. The summed E-state index contributed by atoms with van der Waals surface area (Å²) >= 11 is 0. The van der Waals surface area contributed by atoms with Crippen molar-refractivity contribution in [1.82, 2.24) is 10.3 Å². The number of H-pyrrole nitrogens is 1. The average molecular weight is 244 g/mol. The van der Waals surface area contributed by atoms with Crippen LogP contribution in [0.4, 0.5) is 0 Å². The molecule has 94 valence electrons. The summed E-state index contributed by atoms with van der Waals surface area (Å²) in [6.45, 7) is 0.344. The van der Waals surface area contributed by atoms with Crippen molar-refractivity contribution in [2.24, 2.45) is 0 Å². The number of carbonyl (C=O) groups is 1. The number of hydrogen-bond donors (Lipinski definition) is 3. The van der Waals surface area contributed by atoms with E-state index in [-0.39, 0.29) is 5.91 Å². The summed E-state index contributed by atoms with van der Waals surface area (Å²) in [6.07, 6.45) is 4.46. The standard InChI is InChI=1S/C14H16N2O2/c17-13(16-9-14(18)5-1-6-14)11-2-3-12-10(8-11)4-7-15-12/h2-4,7-8,15,18H,1,5-6,9H2,(H,16,17). The molecule has 1 amide bonds. The zero-order valence-electron chi connectivity index (χ0n) is 10.1. The average Bonchev–Trinajstić information content (AvgIpc) is 2.80. The van der Waals surface area contributed by atoms with E-state index in [4.69, 9.17) is 0 Å². The summed E-state index contributed by atoms with van der Waals surface area (Å²) in [5, 5.41) is 13.7. The second kappa shape index (κ2) is 4.14. The summed E-state index contributed by atoms with van der Waals surface area (Å²) in [6, 6.07) is 7.47. The van der Waals surface area contributed by atoms with E-state index in [0.717, 1.165) is 30.2 Å². The first-order valence-corrected chi connectivity index (χ1v) is 6.24. The number of aromatic nitrogens is 1. The molecule has 0 aliphatic heterocycles. The van der Waals surface area contributed by atoms with Gasteiger partial charge in [-0.1, -0.05) is 0 Å². The topological polar surface area (TPSA) is 65.1 Å². The van der Waals surface area contributed by atoms with E-state index in [1.807, 2.05) is 24.4 Å². The summed E-state index contributed by atoms with van der Waals surface area (Å²) in [5.74, 6) is -0.126. The number of nitrogens with one attached hydrogen (secondary N) is 2. The monoisotopic (exact) mass is 244 g/mol. The Labute approximate surface area is 105 Å². The molecule has 3 N–H and O–H groups in total. The van der Waals surface area contributed by atoms with Crippen LogP contribution in [-0.2, 0) is 0 Å². The molecule has 1 aliphatic carbocycles. The van der Waals surface area contributed by atoms with Crippen molar-refractivity contribution in [3.63, 3.8) is 0 Å². The maximum Gasteiger partial charge on any atom is 0.251 e. The Hall–Kier alpha value is -1.81. The molecule has 0 bridgehead atoms. The second-order valence-corrected chi connectivity index (χ2v) is 5.04. The Bertz CT molecular complexity index is 584.